The fourth-order valence-corrected chi connectivity index (χ4v) is 0.944. The van der Waals surface area contributed by atoms with Crippen LogP contribution in [0.25, 0.3) is 0 Å². The highest BCUT2D eigenvalue weighted by atomic mass is 32.2. The predicted octanol–water partition coefficient (Wildman–Crippen LogP) is -2.00. The lowest BCUT2D eigenvalue weighted by Crippen LogP contribution is -2.46. The van der Waals surface area contributed by atoms with Crippen LogP contribution in [0.1, 0.15) is 6.92 Å². The van der Waals surface area contributed by atoms with Gasteiger partial charge in [-0.05, 0) is 6.92 Å². The van der Waals surface area contributed by atoms with Crippen molar-refractivity contribution < 1.29 is 13.2 Å². The third-order valence-electron chi connectivity index (χ3n) is 1.36. The van der Waals surface area contributed by atoms with Gasteiger partial charge in [0.2, 0.25) is 5.91 Å². The van der Waals surface area contributed by atoms with E-state index in [1.165, 1.54) is 14.0 Å². The average molecular weight is 181 g/mol. The molecule has 0 bridgehead atoms. The van der Waals surface area contributed by atoms with Crippen LogP contribution in [-0.4, -0.2) is 31.7 Å². The van der Waals surface area contributed by atoms with E-state index in [-0.39, 0.29) is 0 Å². The molecule has 4 N–H and O–H groups in total. The molecule has 6 nitrogen and oxygen atoms in total. The highest BCUT2D eigenvalue weighted by Crippen LogP contribution is 1.97. The Morgan fingerprint density at radius 1 is 1.55 bits per heavy atom. The smallest absolute Gasteiger partial charge is 0.277 e. The summed E-state index contributed by atoms with van der Waals surface area (Å²) in [6.07, 6.45) is 0. The number of likely N-dealkylation sites (N-methyl/N-ethyl adjacent to an activating group) is 1. The van der Waals surface area contributed by atoms with Gasteiger partial charge in [0.1, 0.15) is 6.04 Å². The molecule has 0 aromatic rings. The minimum atomic E-state index is -3.81. The van der Waals surface area contributed by atoms with Gasteiger partial charge in [0.15, 0.2) is 0 Å². The first-order chi connectivity index (χ1) is 4.76. The summed E-state index contributed by atoms with van der Waals surface area (Å²) in [5.74, 6) is -0.735. The number of amides is 1. The molecule has 0 saturated heterocycles. The molecule has 0 heterocycles. The van der Waals surface area contributed by atoms with Crippen LogP contribution in [0.5, 0.6) is 0 Å². The summed E-state index contributed by atoms with van der Waals surface area (Å²) in [7, 11) is -2.63. The maximum Gasteiger partial charge on any atom is 0.277 e. The third kappa shape index (κ3) is 2.83. The van der Waals surface area contributed by atoms with Crippen molar-refractivity contribution in [3.63, 3.8) is 0 Å². The Labute approximate surface area is 65.3 Å². The maximum atomic E-state index is 10.6. The molecule has 0 aliphatic carbocycles. The Morgan fingerprint density at radius 2 is 1.91 bits per heavy atom. The Kier molecular flexibility index (Phi) is 2.97. The molecule has 0 aromatic heterocycles. The summed E-state index contributed by atoms with van der Waals surface area (Å²) >= 11 is 0. The van der Waals surface area contributed by atoms with Crippen LogP contribution >= 0.6 is 0 Å². The van der Waals surface area contributed by atoms with Crippen LogP contribution in [0.4, 0.5) is 0 Å². The molecule has 0 rings (SSSR count). The molecule has 66 valence electrons. The van der Waals surface area contributed by atoms with E-state index in [1.807, 2.05) is 0 Å². The first-order valence-electron chi connectivity index (χ1n) is 2.82. The van der Waals surface area contributed by atoms with Gasteiger partial charge in [0.05, 0.1) is 0 Å². The van der Waals surface area contributed by atoms with Gasteiger partial charge in [0.25, 0.3) is 10.2 Å². The van der Waals surface area contributed by atoms with Gasteiger partial charge in [-0.1, -0.05) is 0 Å². The fraction of sp³-hybridized carbons (Fsp3) is 0.750. The summed E-state index contributed by atoms with van der Waals surface area (Å²) in [4.78, 5) is 10.4. The molecule has 1 atom stereocenters. The molecule has 0 aliphatic rings. The summed E-state index contributed by atoms with van der Waals surface area (Å²) < 4.78 is 21.8. The molecule has 0 radical (unpaired) electrons. The largest absolute Gasteiger partial charge is 0.368 e. The maximum absolute atomic E-state index is 10.6. The molecule has 0 aromatic carbocycles. The lowest BCUT2D eigenvalue weighted by Gasteiger charge is -2.18. The SMILES string of the molecule is CC(C(N)=O)N(C)S(N)(=O)=O. The third-order valence-corrected chi connectivity index (χ3v) is 2.48. The van der Waals surface area contributed by atoms with Crippen molar-refractivity contribution in [1.29, 1.82) is 0 Å². The van der Waals surface area contributed by atoms with E-state index in [0.29, 0.717) is 4.31 Å². The van der Waals surface area contributed by atoms with Gasteiger partial charge in [-0.3, -0.25) is 4.79 Å². The Hall–Kier alpha value is -0.660. The molecule has 7 heteroatoms. The van der Waals surface area contributed by atoms with E-state index in [2.05, 4.69) is 0 Å². The van der Waals surface area contributed by atoms with Crippen LogP contribution in [-0.2, 0) is 15.0 Å². The zero-order valence-electron chi connectivity index (χ0n) is 6.31. The number of nitrogens with zero attached hydrogens (tertiary/aromatic N) is 1. The van der Waals surface area contributed by atoms with Gasteiger partial charge in [-0.2, -0.15) is 12.7 Å². The van der Waals surface area contributed by atoms with Crippen molar-refractivity contribution in [2.24, 2.45) is 10.9 Å². The van der Waals surface area contributed by atoms with E-state index < -0.39 is 22.2 Å². The van der Waals surface area contributed by atoms with Crippen molar-refractivity contribution in [3.05, 3.63) is 0 Å². The molecule has 1 unspecified atom stereocenters. The van der Waals surface area contributed by atoms with E-state index in [0.717, 1.165) is 0 Å². The Bertz CT molecular complexity index is 247. The number of primary amides is 1. The van der Waals surface area contributed by atoms with Crippen molar-refractivity contribution in [1.82, 2.24) is 4.31 Å². The highest BCUT2D eigenvalue weighted by molar-refractivity contribution is 7.86. The van der Waals surface area contributed by atoms with Crippen molar-refractivity contribution >= 4 is 16.1 Å². The number of hydrogen-bond donors (Lipinski definition) is 2. The lowest BCUT2D eigenvalue weighted by atomic mass is 10.3. The van der Waals surface area contributed by atoms with Gasteiger partial charge in [0, 0.05) is 7.05 Å². The minimum absolute atomic E-state index is 0.704. The van der Waals surface area contributed by atoms with Crippen LogP contribution in [0.15, 0.2) is 0 Å². The molecular formula is C4H11N3O3S. The van der Waals surface area contributed by atoms with Crippen LogP contribution in [0.2, 0.25) is 0 Å². The number of nitrogens with two attached hydrogens (primary N) is 2. The number of hydrogen-bond acceptors (Lipinski definition) is 3. The van der Waals surface area contributed by atoms with Crippen LogP contribution in [0, 0.1) is 0 Å². The van der Waals surface area contributed by atoms with Gasteiger partial charge < -0.3 is 5.73 Å². The number of carbonyl (C=O) groups excluding carboxylic acids is 1. The Morgan fingerprint density at radius 3 is 2.00 bits per heavy atom. The summed E-state index contributed by atoms with van der Waals surface area (Å²) in [6.45, 7) is 1.35. The second-order valence-electron chi connectivity index (χ2n) is 2.14. The molecular weight excluding hydrogens is 170 g/mol. The first-order valence-corrected chi connectivity index (χ1v) is 4.32. The lowest BCUT2D eigenvalue weighted by molar-refractivity contribution is -0.120. The quantitative estimate of drug-likeness (QED) is 0.525. The van der Waals surface area contributed by atoms with Gasteiger partial charge >= 0.3 is 0 Å². The normalized spacial score (nSPS) is 14.9. The molecule has 0 fully saturated rings. The molecule has 0 saturated carbocycles. The van der Waals surface area contributed by atoms with Gasteiger partial charge in [-0.25, -0.2) is 5.14 Å². The van der Waals surface area contributed by atoms with E-state index >= 15 is 0 Å². The number of carbonyl (C=O) groups is 1. The van der Waals surface area contributed by atoms with E-state index in [9.17, 15) is 13.2 Å². The van der Waals surface area contributed by atoms with E-state index in [4.69, 9.17) is 10.9 Å². The number of rotatable bonds is 3. The van der Waals surface area contributed by atoms with Crippen LogP contribution in [0.3, 0.4) is 0 Å². The highest BCUT2D eigenvalue weighted by Gasteiger charge is 2.22. The molecule has 11 heavy (non-hydrogen) atoms. The topological polar surface area (TPSA) is 106 Å². The minimum Gasteiger partial charge on any atom is -0.368 e. The second kappa shape index (κ2) is 3.16. The predicted molar refractivity (Wildman–Crippen MR) is 39.5 cm³/mol. The van der Waals surface area contributed by atoms with Crippen molar-refractivity contribution in [2.45, 2.75) is 13.0 Å². The summed E-state index contributed by atoms with van der Waals surface area (Å²) in [5, 5.41) is 4.71. The van der Waals surface area contributed by atoms with Crippen LogP contribution < -0.4 is 10.9 Å². The average Bonchev–Trinajstić information content (AvgIpc) is 1.82. The fourth-order valence-electron chi connectivity index (χ4n) is 0.400. The Balaban J connectivity index is 4.51. The summed E-state index contributed by atoms with van der Waals surface area (Å²) in [6, 6.07) is -0.912. The standard InChI is InChI=1S/C4H11N3O3S/c1-3(4(5)8)7(2)11(6,9)10/h3H,1-2H3,(H2,5,8)(H2,6,9,10). The summed E-state index contributed by atoms with van der Waals surface area (Å²) in [5.41, 5.74) is 4.83. The van der Waals surface area contributed by atoms with Crippen molar-refractivity contribution in [3.8, 4) is 0 Å². The molecule has 0 spiro atoms. The van der Waals surface area contributed by atoms with Crippen molar-refractivity contribution in [2.75, 3.05) is 7.05 Å². The molecule has 1 amide bonds. The molecule has 0 aliphatic heterocycles. The van der Waals surface area contributed by atoms with E-state index in [1.54, 1.807) is 0 Å². The zero-order valence-corrected chi connectivity index (χ0v) is 7.13. The van der Waals surface area contributed by atoms with Gasteiger partial charge in [-0.15, -0.1) is 0 Å². The monoisotopic (exact) mass is 181 g/mol. The second-order valence-corrected chi connectivity index (χ2v) is 3.75. The zero-order chi connectivity index (χ0) is 9.23. The first kappa shape index (κ1) is 10.3.